The van der Waals surface area contributed by atoms with E-state index >= 15 is 0 Å². The third-order valence-electron chi connectivity index (χ3n) is 4.31. The first-order valence-electron chi connectivity index (χ1n) is 9.06. The van der Waals surface area contributed by atoms with E-state index in [1.165, 1.54) is 0 Å². The number of nitrogens with one attached hydrogen (secondary N) is 1. The Balaban J connectivity index is 1.70. The lowest BCUT2D eigenvalue weighted by atomic mass is 10.0. The van der Waals surface area contributed by atoms with Crippen molar-refractivity contribution >= 4 is 17.3 Å². The lowest BCUT2D eigenvalue weighted by Gasteiger charge is -2.31. The number of rotatable bonds is 9. The molecule has 0 aliphatic heterocycles. The fourth-order valence-corrected chi connectivity index (χ4v) is 2.83. The van der Waals surface area contributed by atoms with Gasteiger partial charge in [0.15, 0.2) is 11.4 Å². The van der Waals surface area contributed by atoms with Crippen molar-refractivity contribution in [3.05, 3.63) is 66.2 Å². The maximum absolute atomic E-state index is 10.5. The van der Waals surface area contributed by atoms with E-state index in [-0.39, 0.29) is 12.3 Å². The highest BCUT2D eigenvalue weighted by atomic mass is 32.1. The molecule has 2 rings (SSSR count). The van der Waals surface area contributed by atoms with Gasteiger partial charge in [-0.05, 0) is 43.8 Å². The second kappa shape index (κ2) is 10.9. The number of likely N-dealkylation sites (N-methyl/N-ethyl adjacent to an activating group) is 1. The average molecular weight is 389 g/mol. The topological polar surface area (TPSA) is 54.0 Å². The van der Waals surface area contributed by atoms with Crippen molar-refractivity contribution < 1.29 is 14.6 Å². The second-order valence-corrected chi connectivity index (χ2v) is 6.69. The number of para-hydroxylation sites is 1. The molecule has 0 heterocycles. The summed E-state index contributed by atoms with van der Waals surface area (Å²) in [4.78, 5) is 1.86. The highest BCUT2D eigenvalue weighted by Crippen LogP contribution is 2.19. The van der Waals surface area contributed by atoms with Crippen molar-refractivity contribution in [2.75, 3.05) is 20.2 Å². The van der Waals surface area contributed by atoms with E-state index < -0.39 is 6.10 Å². The van der Waals surface area contributed by atoms with Gasteiger partial charge in [0.2, 0.25) is 0 Å². The molecule has 0 radical (unpaired) electrons. The minimum Gasteiger partial charge on any atom is -0.465 e. The summed E-state index contributed by atoms with van der Waals surface area (Å²) in [6.45, 7) is 4.81. The summed E-state index contributed by atoms with van der Waals surface area (Å²) in [5.74, 6) is 0.775. The molecule has 146 valence electrons. The number of nitrogens with zero attached hydrogens (tertiary/aromatic N) is 1. The summed E-state index contributed by atoms with van der Waals surface area (Å²) >= 11 is 5.42. The second-order valence-electron chi connectivity index (χ2n) is 6.31. The van der Waals surface area contributed by atoms with Crippen LogP contribution >= 0.6 is 12.2 Å². The van der Waals surface area contributed by atoms with E-state index in [4.69, 9.17) is 21.7 Å². The van der Waals surface area contributed by atoms with E-state index in [9.17, 15) is 5.11 Å². The molecule has 0 spiro atoms. The molecule has 2 N–H and O–H groups in total. The molecular formula is C21H28N2O3S. The molecule has 0 fully saturated rings. The molecule has 0 aromatic heterocycles. The van der Waals surface area contributed by atoms with Crippen LogP contribution in [0.2, 0.25) is 0 Å². The predicted molar refractivity (Wildman–Crippen MR) is 112 cm³/mol. The molecule has 6 heteroatoms. The van der Waals surface area contributed by atoms with Crippen LogP contribution in [0.1, 0.15) is 25.5 Å². The molecule has 0 amide bonds. The van der Waals surface area contributed by atoms with Crippen LogP contribution in [-0.2, 0) is 4.74 Å². The number of aliphatic hydroxyl groups is 1. The van der Waals surface area contributed by atoms with Gasteiger partial charge < -0.3 is 24.8 Å². The molecule has 2 aromatic carbocycles. The standard InChI is InChI=1S/C21H28N2O3S/c1-16(20(24)18-10-6-4-7-11-18)23(3)21(27)22-14-15-25-17(2)26-19-12-8-5-9-13-19/h4-13,16-17,20,24H,14-15H2,1-3H3,(H,22,27). The molecule has 0 bridgehead atoms. The Kier molecular flexibility index (Phi) is 8.51. The van der Waals surface area contributed by atoms with E-state index in [0.29, 0.717) is 18.3 Å². The van der Waals surface area contributed by atoms with Gasteiger partial charge in [-0.15, -0.1) is 0 Å². The van der Waals surface area contributed by atoms with Gasteiger partial charge in [-0.1, -0.05) is 48.5 Å². The Labute approximate surface area is 166 Å². The molecular weight excluding hydrogens is 360 g/mol. The fourth-order valence-electron chi connectivity index (χ4n) is 2.56. The van der Waals surface area contributed by atoms with E-state index in [2.05, 4.69) is 5.32 Å². The number of aliphatic hydroxyl groups excluding tert-OH is 1. The third kappa shape index (κ3) is 6.82. The van der Waals surface area contributed by atoms with Crippen molar-refractivity contribution in [1.29, 1.82) is 0 Å². The molecule has 0 aliphatic carbocycles. The van der Waals surface area contributed by atoms with Crippen LogP contribution in [0.15, 0.2) is 60.7 Å². The number of hydrogen-bond acceptors (Lipinski definition) is 4. The van der Waals surface area contributed by atoms with E-state index in [1.54, 1.807) is 0 Å². The highest BCUT2D eigenvalue weighted by molar-refractivity contribution is 7.80. The van der Waals surface area contributed by atoms with Crippen LogP contribution in [0.4, 0.5) is 0 Å². The normalized spacial score (nSPS) is 14.1. The average Bonchev–Trinajstić information content (AvgIpc) is 2.70. The van der Waals surface area contributed by atoms with Crippen molar-refractivity contribution in [3.8, 4) is 5.75 Å². The molecule has 0 saturated heterocycles. The Hall–Kier alpha value is -2.15. The van der Waals surface area contributed by atoms with E-state index in [0.717, 1.165) is 11.3 Å². The Morgan fingerprint density at radius 3 is 2.30 bits per heavy atom. The smallest absolute Gasteiger partial charge is 0.197 e. The van der Waals surface area contributed by atoms with Crippen molar-refractivity contribution in [2.45, 2.75) is 32.3 Å². The number of benzene rings is 2. The molecule has 5 nitrogen and oxygen atoms in total. The van der Waals surface area contributed by atoms with Crippen LogP contribution in [0.5, 0.6) is 5.75 Å². The van der Waals surface area contributed by atoms with Crippen LogP contribution in [0, 0.1) is 0 Å². The zero-order valence-corrected chi connectivity index (χ0v) is 16.9. The largest absolute Gasteiger partial charge is 0.465 e. The van der Waals surface area contributed by atoms with Gasteiger partial charge in [0.1, 0.15) is 5.75 Å². The van der Waals surface area contributed by atoms with Gasteiger partial charge in [-0.2, -0.15) is 0 Å². The maximum atomic E-state index is 10.5. The van der Waals surface area contributed by atoms with Gasteiger partial charge >= 0.3 is 0 Å². The number of thiocarbonyl (C=S) groups is 1. The van der Waals surface area contributed by atoms with Crippen LogP contribution in [0.25, 0.3) is 0 Å². The summed E-state index contributed by atoms with van der Waals surface area (Å²) in [6.07, 6.45) is -0.967. The van der Waals surface area contributed by atoms with E-state index in [1.807, 2.05) is 86.5 Å². The zero-order valence-electron chi connectivity index (χ0n) is 16.0. The monoisotopic (exact) mass is 388 g/mol. The molecule has 0 saturated carbocycles. The minimum atomic E-state index is -0.619. The molecule has 0 aliphatic rings. The predicted octanol–water partition coefficient (Wildman–Crippen LogP) is 3.36. The Morgan fingerprint density at radius 1 is 1.07 bits per heavy atom. The first-order valence-corrected chi connectivity index (χ1v) is 9.47. The lowest BCUT2D eigenvalue weighted by molar-refractivity contribution is -0.0643. The van der Waals surface area contributed by atoms with Crippen LogP contribution in [0.3, 0.4) is 0 Å². The van der Waals surface area contributed by atoms with Gasteiger partial charge in [0.05, 0.1) is 18.8 Å². The van der Waals surface area contributed by atoms with Crippen molar-refractivity contribution in [3.63, 3.8) is 0 Å². The number of hydrogen-bond donors (Lipinski definition) is 2. The first kappa shape index (κ1) is 21.2. The Morgan fingerprint density at radius 2 is 1.67 bits per heavy atom. The summed E-state index contributed by atoms with van der Waals surface area (Å²) in [5.41, 5.74) is 0.870. The number of ether oxygens (including phenoxy) is 2. The summed E-state index contributed by atoms with van der Waals surface area (Å²) in [5, 5.41) is 14.2. The quantitative estimate of drug-likeness (QED) is 0.390. The van der Waals surface area contributed by atoms with Crippen molar-refractivity contribution in [1.82, 2.24) is 10.2 Å². The summed E-state index contributed by atoms with van der Waals surface area (Å²) in [6, 6.07) is 19.0. The van der Waals surface area contributed by atoms with Crippen LogP contribution < -0.4 is 10.1 Å². The van der Waals surface area contributed by atoms with Gasteiger partial charge in [-0.25, -0.2) is 0 Å². The summed E-state index contributed by atoms with van der Waals surface area (Å²) < 4.78 is 11.3. The lowest BCUT2D eigenvalue weighted by Crippen LogP contribution is -2.45. The van der Waals surface area contributed by atoms with Crippen molar-refractivity contribution in [2.24, 2.45) is 0 Å². The van der Waals surface area contributed by atoms with Gasteiger partial charge in [0, 0.05) is 13.6 Å². The molecule has 3 atom stereocenters. The minimum absolute atomic E-state index is 0.159. The molecule has 3 unspecified atom stereocenters. The van der Waals surface area contributed by atoms with Crippen LogP contribution in [-0.4, -0.2) is 47.7 Å². The Bertz CT molecular complexity index is 684. The third-order valence-corrected chi connectivity index (χ3v) is 4.74. The maximum Gasteiger partial charge on any atom is 0.197 e. The SMILES string of the molecule is CC(OCCNC(=S)N(C)C(C)C(O)c1ccccc1)Oc1ccccc1. The van der Waals surface area contributed by atoms with Gasteiger partial charge in [0.25, 0.3) is 0 Å². The fraction of sp³-hybridized carbons (Fsp3) is 0.381. The highest BCUT2D eigenvalue weighted by Gasteiger charge is 2.22. The molecule has 27 heavy (non-hydrogen) atoms. The van der Waals surface area contributed by atoms with Gasteiger partial charge in [-0.3, -0.25) is 0 Å². The summed E-state index contributed by atoms with van der Waals surface area (Å²) in [7, 11) is 1.87. The molecule has 2 aromatic rings. The zero-order chi connectivity index (χ0) is 19.6. The first-order chi connectivity index (χ1) is 13.0.